The van der Waals surface area contributed by atoms with Gasteiger partial charge in [-0.15, -0.1) is 0 Å². The number of carbonyl (C=O) groups is 2. The molecule has 0 aliphatic rings. The summed E-state index contributed by atoms with van der Waals surface area (Å²) in [7, 11) is 0. The Morgan fingerprint density at radius 2 is 1.48 bits per heavy atom. The highest BCUT2D eigenvalue weighted by molar-refractivity contribution is 6.05. The van der Waals surface area contributed by atoms with Crippen LogP contribution in [0.3, 0.4) is 0 Å². The molecule has 0 saturated heterocycles. The van der Waals surface area contributed by atoms with Crippen LogP contribution in [-0.2, 0) is 0 Å². The second kappa shape index (κ2) is 6.03. The standard InChI is InChI=1S/C14H7F5N2O2/c15-6-1-2-7(16)12(19)11(6)14(23)21-10-3-5(13(20)22)8(17)4-9(10)18/h1-4H,(H2,20,22)(H,21,23). The maximum absolute atomic E-state index is 13.6. The van der Waals surface area contributed by atoms with Gasteiger partial charge >= 0.3 is 0 Å². The Morgan fingerprint density at radius 1 is 0.870 bits per heavy atom. The van der Waals surface area contributed by atoms with Crippen molar-refractivity contribution in [3.8, 4) is 0 Å². The number of halogens is 5. The van der Waals surface area contributed by atoms with Gasteiger partial charge in [0.05, 0.1) is 11.3 Å². The molecule has 2 amide bonds. The summed E-state index contributed by atoms with van der Waals surface area (Å²) >= 11 is 0. The van der Waals surface area contributed by atoms with Crippen molar-refractivity contribution in [2.45, 2.75) is 0 Å². The monoisotopic (exact) mass is 330 g/mol. The van der Waals surface area contributed by atoms with E-state index in [0.717, 1.165) is 0 Å². The van der Waals surface area contributed by atoms with Gasteiger partial charge in [-0.25, -0.2) is 22.0 Å². The summed E-state index contributed by atoms with van der Waals surface area (Å²) in [6.45, 7) is 0. The van der Waals surface area contributed by atoms with Gasteiger partial charge in [0.25, 0.3) is 11.8 Å². The Labute approximate surface area is 125 Å². The van der Waals surface area contributed by atoms with E-state index in [4.69, 9.17) is 5.73 Å². The highest BCUT2D eigenvalue weighted by Crippen LogP contribution is 2.22. The van der Waals surface area contributed by atoms with Crippen LogP contribution in [0.4, 0.5) is 27.6 Å². The minimum absolute atomic E-state index is 0.258. The van der Waals surface area contributed by atoms with Crippen LogP contribution in [0, 0.1) is 29.1 Å². The largest absolute Gasteiger partial charge is 0.366 e. The van der Waals surface area contributed by atoms with E-state index in [0.29, 0.717) is 18.2 Å². The normalized spacial score (nSPS) is 10.5. The van der Waals surface area contributed by atoms with Crippen LogP contribution >= 0.6 is 0 Å². The molecular weight excluding hydrogens is 323 g/mol. The van der Waals surface area contributed by atoms with Crippen LogP contribution < -0.4 is 11.1 Å². The van der Waals surface area contributed by atoms with Gasteiger partial charge in [0.1, 0.15) is 23.0 Å². The van der Waals surface area contributed by atoms with Crippen molar-refractivity contribution in [1.82, 2.24) is 0 Å². The molecule has 120 valence electrons. The smallest absolute Gasteiger partial charge is 0.261 e. The highest BCUT2D eigenvalue weighted by Gasteiger charge is 2.23. The van der Waals surface area contributed by atoms with E-state index < -0.39 is 57.7 Å². The zero-order chi connectivity index (χ0) is 17.3. The number of nitrogens with one attached hydrogen (secondary N) is 1. The summed E-state index contributed by atoms with van der Waals surface area (Å²) in [5.41, 5.74) is 2.06. The van der Waals surface area contributed by atoms with E-state index in [-0.39, 0.29) is 6.07 Å². The van der Waals surface area contributed by atoms with Gasteiger partial charge in [-0.1, -0.05) is 0 Å². The molecule has 2 aromatic carbocycles. The van der Waals surface area contributed by atoms with Crippen LogP contribution in [0.15, 0.2) is 24.3 Å². The molecule has 0 bridgehead atoms. The van der Waals surface area contributed by atoms with E-state index in [1.807, 2.05) is 0 Å². The van der Waals surface area contributed by atoms with E-state index in [1.165, 1.54) is 0 Å². The van der Waals surface area contributed by atoms with Crippen molar-refractivity contribution < 1.29 is 31.5 Å². The molecular formula is C14H7F5N2O2. The van der Waals surface area contributed by atoms with E-state index >= 15 is 0 Å². The SMILES string of the molecule is NC(=O)c1cc(NC(=O)c2c(F)ccc(F)c2F)c(F)cc1F. The molecule has 0 fully saturated rings. The molecule has 23 heavy (non-hydrogen) atoms. The molecule has 0 saturated carbocycles. The number of anilines is 1. The van der Waals surface area contributed by atoms with Crippen LogP contribution in [-0.4, -0.2) is 11.8 Å². The minimum Gasteiger partial charge on any atom is -0.366 e. The summed E-state index contributed by atoms with van der Waals surface area (Å²) in [5, 5.41) is 1.72. The summed E-state index contributed by atoms with van der Waals surface area (Å²) in [4.78, 5) is 22.8. The van der Waals surface area contributed by atoms with Crippen molar-refractivity contribution in [2.75, 3.05) is 5.32 Å². The lowest BCUT2D eigenvalue weighted by Gasteiger charge is -2.10. The first kappa shape index (κ1) is 16.4. The van der Waals surface area contributed by atoms with Gasteiger partial charge in [-0.2, -0.15) is 0 Å². The number of hydrogen-bond donors (Lipinski definition) is 2. The molecule has 2 rings (SSSR count). The Bertz CT molecular complexity index is 823. The van der Waals surface area contributed by atoms with Gasteiger partial charge in [-0.3, -0.25) is 9.59 Å². The number of nitrogens with two attached hydrogens (primary N) is 1. The van der Waals surface area contributed by atoms with Crippen molar-refractivity contribution in [1.29, 1.82) is 0 Å². The lowest BCUT2D eigenvalue weighted by atomic mass is 10.1. The second-order valence-electron chi connectivity index (χ2n) is 4.35. The summed E-state index contributed by atoms with van der Waals surface area (Å²) in [6, 6.07) is 1.78. The Morgan fingerprint density at radius 3 is 2.09 bits per heavy atom. The molecule has 4 nitrogen and oxygen atoms in total. The first-order valence-electron chi connectivity index (χ1n) is 5.96. The molecule has 0 heterocycles. The average Bonchev–Trinajstić information content (AvgIpc) is 2.46. The number of benzene rings is 2. The Kier molecular flexibility index (Phi) is 4.30. The number of carbonyl (C=O) groups excluding carboxylic acids is 2. The molecule has 0 unspecified atom stereocenters. The van der Waals surface area contributed by atoms with Crippen LogP contribution in [0.5, 0.6) is 0 Å². The minimum atomic E-state index is -1.78. The summed E-state index contributed by atoms with van der Waals surface area (Å²) < 4.78 is 66.9. The zero-order valence-corrected chi connectivity index (χ0v) is 11.1. The molecule has 0 atom stereocenters. The molecule has 3 N–H and O–H groups in total. The van der Waals surface area contributed by atoms with Crippen molar-refractivity contribution in [3.05, 3.63) is 64.5 Å². The third-order valence-electron chi connectivity index (χ3n) is 2.84. The molecule has 0 aliphatic heterocycles. The third-order valence-corrected chi connectivity index (χ3v) is 2.84. The molecule has 0 spiro atoms. The molecule has 0 aliphatic carbocycles. The van der Waals surface area contributed by atoms with Crippen molar-refractivity contribution >= 4 is 17.5 Å². The zero-order valence-electron chi connectivity index (χ0n) is 11.1. The first-order valence-corrected chi connectivity index (χ1v) is 5.96. The van der Waals surface area contributed by atoms with Crippen LogP contribution in [0.2, 0.25) is 0 Å². The second-order valence-corrected chi connectivity index (χ2v) is 4.35. The average molecular weight is 330 g/mol. The number of hydrogen-bond acceptors (Lipinski definition) is 2. The molecule has 0 aromatic heterocycles. The van der Waals surface area contributed by atoms with E-state index in [9.17, 15) is 31.5 Å². The first-order chi connectivity index (χ1) is 10.7. The predicted octanol–water partition coefficient (Wildman–Crippen LogP) is 2.73. The lowest BCUT2D eigenvalue weighted by Crippen LogP contribution is -2.19. The maximum atomic E-state index is 13.6. The van der Waals surface area contributed by atoms with Gasteiger partial charge in [0, 0.05) is 6.07 Å². The van der Waals surface area contributed by atoms with Gasteiger partial charge in [0.2, 0.25) is 0 Å². The topological polar surface area (TPSA) is 72.2 Å². The summed E-state index contributed by atoms with van der Waals surface area (Å²) in [6.07, 6.45) is 0. The van der Waals surface area contributed by atoms with Gasteiger partial charge in [0.15, 0.2) is 11.6 Å². The van der Waals surface area contributed by atoms with Gasteiger partial charge in [-0.05, 0) is 18.2 Å². The summed E-state index contributed by atoms with van der Waals surface area (Å²) in [5.74, 6) is -10.0. The Hall–Kier alpha value is -2.97. The quantitative estimate of drug-likeness (QED) is 0.671. The third kappa shape index (κ3) is 3.12. The van der Waals surface area contributed by atoms with E-state index in [2.05, 4.69) is 0 Å². The highest BCUT2D eigenvalue weighted by atomic mass is 19.2. The fraction of sp³-hybridized carbons (Fsp3) is 0. The van der Waals surface area contributed by atoms with E-state index in [1.54, 1.807) is 5.32 Å². The van der Waals surface area contributed by atoms with Crippen molar-refractivity contribution in [2.24, 2.45) is 5.73 Å². The van der Waals surface area contributed by atoms with Crippen molar-refractivity contribution in [3.63, 3.8) is 0 Å². The number of amides is 2. The van der Waals surface area contributed by atoms with Gasteiger partial charge < -0.3 is 11.1 Å². The predicted molar refractivity (Wildman–Crippen MR) is 69.1 cm³/mol. The molecule has 9 heteroatoms. The molecule has 2 aromatic rings. The van der Waals surface area contributed by atoms with Crippen LogP contribution in [0.25, 0.3) is 0 Å². The number of primary amides is 1. The molecule has 0 radical (unpaired) electrons. The lowest BCUT2D eigenvalue weighted by molar-refractivity contribution is 0.0990. The maximum Gasteiger partial charge on any atom is 0.261 e. The fourth-order valence-electron chi connectivity index (χ4n) is 1.75. The number of rotatable bonds is 3. The Balaban J connectivity index is 2.44. The van der Waals surface area contributed by atoms with Crippen LogP contribution in [0.1, 0.15) is 20.7 Å². The fourth-order valence-corrected chi connectivity index (χ4v) is 1.75.